The highest BCUT2D eigenvalue weighted by Gasteiger charge is 2.42. The number of carbonyl (C=O) groups is 2. The van der Waals surface area contributed by atoms with E-state index in [9.17, 15) is 41.0 Å². The Bertz CT molecular complexity index is 881. The smallest absolute Gasteiger partial charge is 0.416 e. The van der Waals surface area contributed by atoms with Crippen LogP contribution in [0.4, 0.5) is 26.3 Å². The van der Waals surface area contributed by atoms with Crippen LogP contribution in [0.5, 0.6) is 0 Å². The predicted octanol–water partition coefficient (Wildman–Crippen LogP) is 3.91. The largest absolute Gasteiger partial charge is 0.477 e. The second kappa shape index (κ2) is 6.57. The Kier molecular flexibility index (Phi) is 5.00. The minimum atomic E-state index is -5.11. The van der Waals surface area contributed by atoms with Crippen molar-refractivity contribution < 1.29 is 46.1 Å². The van der Waals surface area contributed by atoms with Crippen molar-refractivity contribution in [3.05, 3.63) is 57.9 Å². The van der Waals surface area contributed by atoms with Crippen LogP contribution in [0.15, 0.2) is 41.2 Å². The van der Waals surface area contributed by atoms with E-state index in [2.05, 4.69) is 5.32 Å². The molecular weight excluding hydrogens is 396 g/mol. The van der Waals surface area contributed by atoms with Gasteiger partial charge in [0.15, 0.2) is 0 Å². The van der Waals surface area contributed by atoms with Gasteiger partial charge in [-0.05, 0) is 49.3 Å². The van der Waals surface area contributed by atoms with E-state index >= 15 is 0 Å². The van der Waals surface area contributed by atoms with Gasteiger partial charge in [0.1, 0.15) is 11.4 Å². The molecule has 1 unspecified atom stereocenters. The standard InChI is InChI=1S/C17H13F6NO4/c1-7-12(14(27)28)24-11(13(25)26)6-15(7,2)8-3-9(16(18,19)20)5-10(4-8)17(21,22)23/h3-6,24H,1-2H3,(H,25,26)(H,27,28). The lowest BCUT2D eigenvalue weighted by Crippen LogP contribution is -2.37. The molecule has 0 spiro atoms. The zero-order chi connectivity index (χ0) is 21.7. The van der Waals surface area contributed by atoms with Gasteiger partial charge in [-0.2, -0.15) is 26.3 Å². The Morgan fingerprint density at radius 1 is 0.929 bits per heavy atom. The minimum absolute atomic E-state index is 0.0626. The first kappa shape index (κ1) is 21.3. The van der Waals surface area contributed by atoms with E-state index in [0.717, 1.165) is 13.0 Å². The zero-order valence-electron chi connectivity index (χ0n) is 14.3. The molecule has 0 aliphatic carbocycles. The Balaban J connectivity index is 2.87. The van der Waals surface area contributed by atoms with Gasteiger partial charge in [-0.15, -0.1) is 0 Å². The number of benzene rings is 1. The number of carboxylic acids is 2. The van der Waals surface area contributed by atoms with Gasteiger partial charge in [0, 0.05) is 5.41 Å². The zero-order valence-corrected chi connectivity index (χ0v) is 14.3. The maximum Gasteiger partial charge on any atom is 0.416 e. The van der Waals surface area contributed by atoms with Crippen LogP contribution in [0.3, 0.4) is 0 Å². The molecule has 2 rings (SSSR count). The monoisotopic (exact) mass is 409 g/mol. The van der Waals surface area contributed by atoms with Crippen LogP contribution in [0.1, 0.15) is 30.5 Å². The first-order valence-electron chi connectivity index (χ1n) is 7.55. The molecule has 1 atom stereocenters. The van der Waals surface area contributed by atoms with Crippen LogP contribution in [0.2, 0.25) is 0 Å². The van der Waals surface area contributed by atoms with Crippen LogP contribution >= 0.6 is 0 Å². The van der Waals surface area contributed by atoms with E-state index in [1.54, 1.807) is 0 Å². The number of carboxylic acid groups (broad SMARTS) is 2. The molecule has 0 saturated heterocycles. The maximum absolute atomic E-state index is 13.1. The summed E-state index contributed by atoms with van der Waals surface area (Å²) in [7, 11) is 0. The van der Waals surface area contributed by atoms with Crippen molar-refractivity contribution in [2.45, 2.75) is 31.6 Å². The van der Waals surface area contributed by atoms with Crippen molar-refractivity contribution in [3.63, 3.8) is 0 Å². The molecule has 0 aromatic heterocycles. The van der Waals surface area contributed by atoms with E-state index in [1.165, 1.54) is 6.92 Å². The number of alkyl halides is 6. The number of dihydropyridines is 1. The molecule has 5 nitrogen and oxygen atoms in total. The van der Waals surface area contributed by atoms with Crippen LogP contribution in [-0.4, -0.2) is 22.2 Å². The number of hydrogen-bond acceptors (Lipinski definition) is 3. The Morgan fingerprint density at radius 3 is 1.75 bits per heavy atom. The predicted molar refractivity (Wildman–Crippen MR) is 83.0 cm³/mol. The lowest BCUT2D eigenvalue weighted by Gasteiger charge is -2.34. The summed E-state index contributed by atoms with van der Waals surface area (Å²) in [5, 5.41) is 20.5. The SMILES string of the molecule is CC1=C(C(=O)O)NC(C(=O)O)=CC1(C)c1cc(C(F)(F)F)cc(C(F)(F)F)c1. The fourth-order valence-electron chi connectivity index (χ4n) is 2.80. The molecule has 1 aromatic carbocycles. The maximum atomic E-state index is 13.1. The van der Waals surface area contributed by atoms with Gasteiger partial charge in [-0.25, -0.2) is 9.59 Å². The van der Waals surface area contributed by atoms with Gasteiger partial charge < -0.3 is 15.5 Å². The topological polar surface area (TPSA) is 86.6 Å². The summed E-state index contributed by atoms with van der Waals surface area (Å²) in [5.74, 6) is -3.24. The summed E-state index contributed by atoms with van der Waals surface area (Å²) in [6.45, 7) is 2.32. The third-order valence-electron chi connectivity index (χ3n) is 4.48. The third kappa shape index (κ3) is 3.82. The third-order valence-corrected chi connectivity index (χ3v) is 4.48. The molecule has 1 aromatic rings. The van der Waals surface area contributed by atoms with Gasteiger partial charge >= 0.3 is 24.3 Å². The minimum Gasteiger partial charge on any atom is -0.477 e. The van der Waals surface area contributed by atoms with Crippen molar-refractivity contribution in [2.24, 2.45) is 0 Å². The molecule has 1 aliphatic heterocycles. The van der Waals surface area contributed by atoms with Gasteiger partial charge in [-0.1, -0.05) is 0 Å². The van der Waals surface area contributed by atoms with E-state index in [-0.39, 0.29) is 11.6 Å². The number of allylic oxidation sites excluding steroid dienone is 2. The molecule has 0 saturated carbocycles. The molecule has 0 fully saturated rings. The summed E-state index contributed by atoms with van der Waals surface area (Å²) in [6, 6.07) is 0.825. The van der Waals surface area contributed by atoms with Crippen LogP contribution in [0, 0.1) is 0 Å². The molecule has 0 radical (unpaired) electrons. The highest BCUT2D eigenvalue weighted by atomic mass is 19.4. The molecule has 3 N–H and O–H groups in total. The quantitative estimate of drug-likeness (QED) is 0.659. The summed E-state index contributed by atoms with van der Waals surface area (Å²) in [5.41, 5.74) is -7.07. The van der Waals surface area contributed by atoms with E-state index in [0.29, 0.717) is 12.1 Å². The average Bonchev–Trinajstić information content (AvgIpc) is 2.54. The average molecular weight is 409 g/mol. The summed E-state index contributed by atoms with van der Waals surface area (Å²) < 4.78 is 78.8. The summed E-state index contributed by atoms with van der Waals surface area (Å²) in [6.07, 6.45) is -9.33. The van der Waals surface area contributed by atoms with Crippen LogP contribution in [-0.2, 0) is 27.4 Å². The number of aliphatic carboxylic acids is 2. The van der Waals surface area contributed by atoms with Crippen LogP contribution in [0.25, 0.3) is 0 Å². The first-order valence-corrected chi connectivity index (χ1v) is 7.55. The summed E-state index contributed by atoms with van der Waals surface area (Å²) >= 11 is 0. The number of hydrogen-bond donors (Lipinski definition) is 3. The Hall–Kier alpha value is -2.98. The molecule has 152 valence electrons. The Labute approximate surface area is 154 Å². The Morgan fingerprint density at radius 2 is 1.39 bits per heavy atom. The molecule has 0 bridgehead atoms. The molecule has 1 aliphatic rings. The number of nitrogens with one attached hydrogen (secondary N) is 1. The number of rotatable bonds is 3. The first-order chi connectivity index (χ1) is 12.6. The van der Waals surface area contributed by atoms with Crippen molar-refractivity contribution in [3.8, 4) is 0 Å². The van der Waals surface area contributed by atoms with Crippen molar-refractivity contribution in [2.75, 3.05) is 0 Å². The van der Waals surface area contributed by atoms with Gasteiger partial charge in [-0.3, -0.25) is 0 Å². The van der Waals surface area contributed by atoms with Gasteiger partial charge in [0.2, 0.25) is 0 Å². The second-order valence-corrected chi connectivity index (χ2v) is 6.29. The van der Waals surface area contributed by atoms with Crippen molar-refractivity contribution in [1.29, 1.82) is 0 Å². The van der Waals surface area contributed by atoms with Crippen molar-refractivity contribution in [1.82, 2.24) is 5.32 Å². The molecule has 1 heterocycles. The van der Waals surface area contributed by atoms with E-state index < -0.39 is 57.8 Å². The fourth-order valence-corrected chi connectivity index (χ4v) is 2.80. The van der Waals surface area contributed by atoms with E-state index in [4.69, 9.17) is 5.11 Å². The molecule has 0 amide bonds. The molecular formula is C17H13F6NO4. The lowest BCUT2D eigenvalue weighted by atomic mass is 9.72. The highest BCUT2D eigenvalue weighted by molar-refractivity contribution is 5.94. The second-order valence-electron chi connectivity index (χ2n) is 6.29. The van der Waals surface area contributed by atoms with E-state index in [1.807, 2.05) is 0 Å². The van der Waals surface area contributed by atoms with Crippen molar-refractivity contribution >= 4 is 11.9 Å². The fraction of sp³-hybridized carbons (Fsp3) is 0.294. The van der Waals surface area contributed by atoms with Gasteiger partial charge in [0.25, 0.3) is 0 Å². The summed E-state index contributed by atoms with van der Waals surface area (Å²) in [4.78, 5) is 22.7. The lowest BCUT2D eigenvalue weighted by molar-refractivity contribution is -0.143. The van der Waals surface area contributed by atoms with Crippen LogP contribution < -0.4 is 5.32 Å². The highest BCUT2D eigenvalue weighted by Crippen LogP contribution is 2.43. The molecule has 11 heteroatoms. The number of halogens is 6. The van der Waals surface area contributed by atoms with Gasteiger partial charge in [0.05, 0.1) is 11.1 Å². The normalized spacial score (nSPS) is 20.5. The molecule has 28 heavy (non-hydrogen) atoms.